The minimum absolute atomic E-state index is 0.0166. The van der Waals surface area contributed by atoms with Crippen LogP contribution in [0.2, 0.25) is 0 Å². The fourth-order valence-electron chi connectivity index (χ4n) is 8.33. The molecule has 2 unspecified atom stereocenters. The van der Waals surface area contributed by atoms with Crippen LogP contribution in [-0.4, -0.2) is 116 Å². The van der Waals surface area contributed by atoms with Crippen molar-refractivity contribution in [3.8, 4) is 11.8 Å². The van der Waals surface area contributed by atoms with E-state index in [1.807, 2.05) is 36.7 Å². The molecule has 0 aliphatic carbocycles. The van der Waals surface area contributed by atoms with Crippen LogP contribution in [0.1, 0.15) is 69.9 Å². The van der Waals surface area contributed by atoms with E-state index in [9.17, 15) is 53.9 Å². The van der Waals surface area contributed by atoms with Gasteiger partial charge in [0.05, 0.1) is 21.0 Å². The number of fused-ring (bicyclic) bond motifs is 2. The van der Waals surface area contributed by atoms with Gasteiger partial charge in [-0.1, -0.05) is 36.8 Å². The summed E-state index contributed by atoms with van der Waals surface area (Å²) >= 11 is 0. The number of carbonyl (C=O) groups is 1. The van der Waals surface area contributed by atoms with Gasteiger partial charge < -0.3 is 29.4 Å². The van der Waals surface area contributed by atoms with Gasteiger partial charge in [0.1, 0.15) is 6.61 Å². The number of allylic oxidation sites excluding steroid dienone is 8. The summed E-state index contributed by atoms with van der Waals surface area (Å²) < 4.78 is 115. The van der Waals surface area contributed by atoms with Gasteiger partial charge in [0.25, 0.3) is 30.4 Å². The fraction of sp³-hybridized carbons (Fsp3) is 0.409. The minimum Gasteiger partial charge on any atom is -0.492 e. The van der Waals surface area contributed by atoms with Gasteiger partial charge in [0.15, 0.2) is 12.3 Å². The largest absolute Gasteiger partial charge is 0.492 e. The normalized spacial score (nSPS) is 19.7. The van der Waals surface area contributed by atoms with Crippen molar-refractivity contribution in [1.29, 1.82) is 0 Å². The van der Waals surface area contributed by atoms with Crippen molar-refractivity contribution in [1.82, 2.24) is 4.73 Å². The number of methoxy groups -OCH3 is 2. The van der Waals surface area contributed by atoms with Crippen LogP contribution in [0, 0.1) is 0 Å². The summed E-state index contributed by atoms with van der Waals surface area (Å²) in [6, 6.07) is 11.1. The summed E-state index contributed by atoms with van der Waals surface area (Å²) in [5, 5.41) is 19.6. The molecule has 65 heavy (non-hydrogen) atoms. The number of aromatic hydroxyl groups is 2. The van der Waals surface area contributed by atoms with Crippen molar-refractivity contribution >= 4 is 53.4 Å². The van der Waals surface area contributed by atoms with Gasteiger partial charge in [-0.15, -0.1) is 4.73 Å². The van der Waals surface area contributed by atoms with Crippen molar-refractivity contribution in [3.63, 3.8) is 0 Å². The van der Waals surface area contributed by atoms with Gasteiger partial charge in [0.2, 0.25) is 17.4 Å². The van der Waals surface area contributed by atoms with Gasteiger partial charge in [-0.3, -0.25) is 13.7 Å². The van der Waals surface area contributed by atoms with Crippen LogP contribution >= 0.6 is 0 Å². The first-order valence-corrected chi connectivity index (χ1v) is 25.2. The molecule has 3 heterocycles. The minimum atomic E-state index is -4.57. The van der Waals surface area contributed by atoms with Crippen LogP contribution in [0.15, 0.2) is 107 Å². The van der Waals surface area contributed by atoms with Crippen molar-refractivity contribution in [2.75, 3.05) is 51.2 Å². The van der Waals surface area contributed by atoms with Crippen LogP contribution in [0.3, 0.4) is 0 Å². The van der Waals surface area contributed by atoms with E-state index < -0.39 is 64.7 Å². The second kappa shape index (κ2) is 21.0. The van der Waals surface area contributed by atoms with Crippen molar-refractivity contribution < 1.29 is 72.8 Å². The highest BCUT2D eigenvalue weighted by atomic mass is 32.2. The molecule has 0 saturated heterocycles. The molecule has 18 nitrogen and oxygen atoms in total. The molecule has 1 aromatic heterocycles. The number of anilines is 1. The molecule has 2 aliphatic rings. The average Bonchev–Trinajstić information content (AvgIpc) is 3.76. The Balaban J connectivity index is 1.42. The summed E-state index contributed by atoms with van der Waals surface area (Å²) in [6.07, 6.45) is 15.1. The molecule has 0 spiro atoms. The number of nitrogens with zero attached hydrogens (tertiary/aromatic N) is 3. The van der Waals surface area contributed by atoms with Crippen LogP contribution in [0.5, 0.6) is 11.8 Å². The van der Waals surface area contributed by atoms with Gasteiger partial charge in [-0.2, -0.15) is 29.8 Å². The third-order valence-electron chi connectivity index (χ3n) is 11.6. The van der Waals surface area contributed by atoms with Crippen molar-refractivity contribution in [3.05, 3.63) is 108 Å². The molecule has 3 aromatic rings. The Bertz CT molecular complexity index is 2720. The lowest BCUT2D eigenvalue weighted by Crippen LogP contribution is -2.32. The zero-order chi connectivity index (χ0) is 47.8. The third kappa shape index (κ3) is 12.2. The number of unbranched alkanes of at least 4 members (excludes halogenated alkanes) is 2. The maximum atomic E-state index is 12.4. The molecular formula is C44H56N3O15S3+. The monoisotopic (exact) mass is 962 g/mol. The summed E-state index contributed by atoms with van der Waals surface area (Å²) in [6.45, 7) is 5.28. The van der Waals surface area contributed by atoms with E-state index in [-0.39, 0.29) is 29.1 Å². The number of carbonyl (C=O) groups excluding carboxylic acids is 1. The Morgan fingerprint density at radius 3 is 1.97 bits per heavy atom. The highest BCUT2D eigenvalue weighted by Gasteiger charge is 2.48. The number of benzene rings is 2. The molecule has 0 bridgehead atoms. The molecule has 0 radical (unpaired) electrons. The molecular weight excluding hydrogens is 907 g/mol. The van der Waals surface area contributed by atoms with E-state index in [1.54, 1.807) is 50.7 Å². The number of rotatable bonds is 23. The highest BCUT2D eigenvalue weighted by Crippen LogP contribution is 2.51. The van der Waals surface area contributed by atoms with E-state index in [2.05, 4.69) is 4.90 Å². The third-order valence-corrected chi connectivity index (χ3v) is 14.1. The van der Waals surface area contributed by atoms with E-state index in [0.717, 1.165) is 11.4 Å². The lowest BCUT2D eigenvalue weighted by molar-refractivity contribution is -0.441. The first-order chi connectivity index (χ1) is 30.5. The molecule has 0 amide bonds. The molecule has 2 atom stereocenters. The maximum absolute atomic E-state index is 12.4. The standard InChI is InChI=1S/C44H55N3O15S3/c1-43(23-13-29-63(51,52)53)34-30-32(64(54,55)56)18-20-37(34)46(26-28-61-4)38(43)14-9-6-5-7-10-15-39-44(2,24-27-60-3)35-31-33(65(57,58)59)17-19-36(35)45(39)25-12-8-11-16-42(50)62-47-40(48)21-22-41(47)49/h5-7,9-10,14-15,17-22,30-31H,8,11-13,16,23-29H2,1-4H3,(H4-,48,49,51,52,53,54,55,56,57,58,59)/p+1. The molecule has 2 aliphatic heterocycles. The van der Waals surface area contributed by atoms with Gasteiger partial charge in [-0.05, 0) is 87.9 Å². The first-order valence-electron chi connectivity index (χ1n) is 20.7. The average molecular weight is 963 g/mol. The molecule has 5 rings (SSSR count). The van der Waals surface area contributed by atoms with E-state index >= 15 is 0 Å². The van der Waals surface area contributed by atoms with Gasteiger partial charge in [-0.25, -0.2) is 4.79 Å². The van der Waals surface area contributed by atoms with Crippen molar-refractivity contribution in [2.24, 2.45) is 0 Å². The lowest BCUT2D eigenvalue weighted by atomic mass is 9.76. The predicted molar refractivity (Wildman–Crippen MR) is 242 cm³/mol. The number of hydrogen-bond donors (Lipinski definition) is 5. The Morgan fingerprint density at radius 1 is 0.723 bits per heavy atom. The first kappa shape index (κ1) is 50.9. The van der Waals surface area contributed by atoms with E-state index in [4.69, 9.17) is 14.3 Å². The van der Waals surface area contributed by atoms with E-state index in [0.29, 0.717) is 79.2 Å². The number of aromatic nitrogens is 1. The van der Waals surface area contributed by atoms with Gasteiger partial charge >= 0.3 is 5.97 Å². The Hall–Kier alpha value is -5.13. The highest BCUT2D eigenvalue weighted by molar-refractivity contribution is 7.86. The van der Waals surface area contributed by atoms with Crippen molar-refractivity contribution in [2.45, 2.75) is 79.4 Å². The molecule has 0 saturated carbocycles. The van der Waals surface area contributed by atoms with Crippen LogP contribution in [0.4, 0.5) is 11.4 Å². The summed E-state index contributed by atoms with van der Waals surface area (Å²) in [7, 11) is -10.3. The maximum Gasteiger partial charge on any atom is 0.333 e. The quantitative estimate of drug-likeness (QED) is 0.0333. The second-order valence-electron chi connectivity index (χ2n) is 16.1. The van der Waals surface area contributed by atoms with Crippen LogP contribution in [0.25, 0.3) is 0 Å². The molecule has 5 N–H and O–H groups in total. The second-order valence-corrected chi connectivity index (χ2v) is 20.5. The predicted octanol–water partition coefficient (Wildman–Crippen LogP) is 5.65. The summed E-state index contributed by atoms with van der Waals surface area (Å²) in [4.78, 5) is 19.0. The molecule has 354 valence electrons. The zero-order valence-corrected chi connectivity index (χ0v) is 39.0. The molecule has 21 heteroatoms. The zero-order valence-electron chi connectivity index (χ0n) is 36.5. The SMILES string of the molecule is COCC[N+]1=C(C=CC=CC=CC=C2N(CCCCCC(=O)On3c(O)ccc3O)c3ccc(S(=O)(=O)O)cc3C2(C)CCOC)C(C)(CCCS(=O)(=O)O)c2cc(S(=O)(=O)O)ccc21. The molecule has 0 fully saturated rings. The van der Waals surface area contributed by atoms with E-state index in [1.165, 1.54) is 36.4 Å². The Morgan fingerprint density at radius 2 is 1.34 bits per heavy atom. The molecule has 2 aromatic carbocycles. The number of hydrogen-bond acceptors (Lipinski definition) is 13. The summed E-state index contributed by atoms with van der Waals surface area (Å²) in [5.41, 5.74) is 2.44. The van der Waals surface area contributed by atoms with Gasteiger partial charge in [0, 0.05) is 80.4 Å². The Kier molecular flexibility index (Phi) is 16.4. The topological polar surface area (TPSA) is 260 Å². The number of ether oxygens (including phenoxy) is 2. The lowest BCUT2D eigenvalue weighted by Gasteiger charge is -2.30. The summed E-state index contributed by atoms with van der Waals surface area (Å²) in [5.74, 6) is -2.00. The van der Waals surface area contributed by atoms with Crippen LogP contribution < -0.4 is 9.74 Å². The van der Waals surface area contributed by atoms with Crippen LogP contribution in [-0.2, 0) is 55.5 Å². The fourth-order valence-corrected chi connectivity index (χ4v) is 9.86. The smallest absolute Gasteiger partial charge is 0.333 e. The Labute approximate surface area is 379 Å².